The number of fused-ring (bicyclic) bond motifs is 1. The summed E-state index contributed by atoms with van der Waals surface area (Å²) in [6.07, 6.45) is 0.222. The Hall–Kier alpha value is -3.02. The molecule has 0 saturated heterocycles. The molecule has 0 aliphatic carbocycles. The molecular weight excluding hydrogens is 354 g/mol. The fourth-order valence-electron chi connectivity index (χ4n) is 3.24. The molecule has 0 saturated carbocycles. The predicted molar refractivity (Wildman–Crippen MR) is 109 cm³/mol. The number of benzene rings is 2. The van der Waals surface area contributed by atoms with Gasteiger partial charge in [0.1, 0.15) is 5.75 Å². The first-order chi connectivity index (χ1) is 13.6. The molecule has 0 fully saturated rings. The van der Waals surface area contributed by atoms with Crippen LogP contribution in [-0.4, -0.2) is 37.6 Å². The van der Waals surface area contributed by atoms with E-state index in [2.05, 4.69) is 10.6 Å². The van der Waals surface area contributed by atoms with Crippen molar-refractivity contribution in [3.63, 3.8) is 0 Å². The zero-order valence-electron chi connectivity index (χ0n) is 16.4. The Bertz CT molecular complexity index is 810. The van der Waals surface area contributed by atoms with Crippen LogP contribution in [-0.2, 0) is 9.59 Å². The zero-order valence-corrected chi connectivity index (χ0v) is 16.4. The van der Waals surface area contributed by atoms with Crippen LogP contribution in [0.2, 0.25) is 0 Å². The van der Waals surface area contributed by atoms with Crippen molar-refractivity contribution in [2.45, 2.75) is 32.4 Å². The number of amides is 2. The van der Waals surface area contributed by atoms with E-state index in [9.17, 15) is 9.59 Å². The summed E-state index contributed by atoms with van der Waals surface area (Å²) in [5.74, 6) is 0.370. The van der Waals surface area contributed by atoms with E-state index in [1.807, 2.05) is 73.3 Å². The standard InChI is InChI=1S/C22H27N3O3/c1-3-13-23-22(27)20-14-25(18-11-7-8-12-19(18)28-20)15-21(26)24-16(2)17-9-5-4-6-10-17/h4-12,16,20H,3,13-15H2,1-2H3,(H,23,27)(H,24,26)/t16-,20+/m0/s1. The van der Waals surface area contributed by atoms with Crippen LogP contribution in [0.1, 0.15) is 31.9 Å². The Balaban J connectivity index is 1.68. The first kappa shape index (κ1) is 19.7. The molecule has 2 aromatic rings. The topological polar surface area (TPSA) is 70.7 Å². The van der Waals surface area contributed by atoms with Crippen LogP contribution in [0.15, 0.2) is 54.6 Å². The molecule has 2 amide bonds. The Morgan fingerprint density at radius 2 is 1.86 bits per heavy atom. The third-order valence-electron chi connectivity index (χ3n) is 4.71. The van der Waals surface area contributed by atoms with Crippen LogP contribution in [0.3, 0.4) is 0 Å². The van der Waals surface area contributed by atoms with Gasteiger partial charge in [-0.3, -0.25) is 9.59 Å². The van der Waals surface area contributed by atoms with Gasteiger partial charge < -0.3 is 20.3 Å². The van der Waals surface area contributed by atoms with Crippen LogP contribution in [0, 0.1) is 0 Å². The van der Waals surface area contributed by atoms with E-state index in [1.54, 1.807) is 0 Å². The van der Waals surface area contributed by atoms with Gasteiger partial charge in [-0.25, -0.2) is 0 Å². The molecule has 2 aromatic carbocycles. The normalized spacial score (nSPS) is 16.5. The highest BCUT2D eigenvalue weighted by Crippen LogP contribution is 2.32. The minimum absolute atomic E-state index is 0.0892. The van der Waals surface area contributed by atoms with Crippen LogP contribution >= 0.6 is 0 Å². The Labute approximate surface area is 165 Å². The minimum Gasteiger partial charge on any atom is -0.477 e. The maximum Gasteiger partial charge on any atom is 0.262 e. The van der Waals surface area contributed by atoms with Gasteiger partial charge in [-0.2, -0.15) is 0 Å². The van der Waals surface area contributed by atoms with Gasteiger partial charge in [-0.15, -0.1) is 0 Å². The average Bonchev–Trinajstić information content (AvgIpc) is 2.72. The average molecular weight is 381 g/mol. The fourth-order valence-corrected chi connectivity index (χ4v) is 3.24. The van der Waals surface area contributed by atoms with Gasteiger partial charge in [0.2, 0.25) is 5.91 Å². The number of hydrogen-bond acceptors (Lipinski definition) is 4. The molecule has 1 aliphatic rings. The second-order valence-corrected chi connectivity index (χ2v) is 6.95. The van der Waals surface area contributed by atoms with Crippen molar-refractivity contribution in [3.05, 3.63) is 60.2 Å². The van der Waals surface area contributed by atoms with E-state index in [-0.39, 0.29) is 24.4 Å². The molecule has 0 spiro atoms. The summed E-state index contributed by atoms with van der Waals surface area (Å²) >= 11 is 0. The number of carbonyl (C=O) groups excluding carboxylic acids is 2. The summed E-state index contributed by atoms with van der Waals surface area (Å²) in [4.78, 5) is 27.0. The lowest BCUT2D eigenvalue weighted by atomic mass is 10.1. The third-order valence-corrected chi connectivity index (χ3v) is 4.71. The summed E-state index contributed by atoms with van der Waals surface area (Å²) < 4.78 is 5.87. The summed E-state index contributed by atoms with van der Waals surface area (Å²) in [5.41, 5.74) is 1.87. The monoisotopic (exact) mass is 381 g/mol. The number of anilines is 1. The quantitative estimate of drug-likeness (QED) is 0.774. The number of carbonyl (C=O) groups is 2. The van der Waals surface area contributed by atoms with E-state index in [4.69, 9.17) is 4.74 Å². The lowest BCUT2D eigenvalue weighted by molar-refractivity contribution is -0.128. The van der Waals surface area contributed by atoms with Gasteiger partial charge in [-0.05, 0) is 31.0 Å². The molecule has 0 bridgehead atoms. The molecule has 2 atom stereocenters. The SMILES string of the molecule is CCCNC(=O)[C@H]1CN(CC(=O)N[C@@H](C)c2ccccc2)c2ccccc2O1. The lowest BCUT2D eigenvalue weighted by Crippen LogP contribution is -2.51. The highest BCUT2D eigenvalue weighted by molar-refractivity contribution is 5.86. The van der Waals surface area contributed by atoms with E-state index < -0.39 is 6.10 Å². The van der Waals surface area contributed by atoms with Gasteiger partial charge in [0.25, 0.3) is 5.91 Å². The minimum atomic E-state index is -0.638. The van der Waals surface area contributed by atoms with Crippen molar-refractivity contribution in [2.75, 3.05) is 24.5 Å². The molecule has 6 heteroatoms. The molecule has 6 nitrogen and oxygen atoms in total. The second-order valence-electron chi connectivity index (χ2n) is 6.95. The Morgan fingerprint density at radius 3 is 2.61 bits per heavy atom. The third kappa shape index (κ3) is 4.82. The zero-order chi connectivity index (χ0) is 19.9. The maximum atomic E-state index is 12.7. The molecule has 0 aromatic heterocycles. The number of para-hydroxylation sites is 2. The summed E-state index contributed by atoms with van der Waals surface area (Å²) in [7, 11) is 0. The van der Waals surface area contributed by atoms with Crippen molar-refractivity contribution >= 4 is 17.5 Å². The Morgan fingerprint density at radius 1 is 1.14 bits per heavy atom. The van der Waals surface area contributed by atoms with Gasteiger partial charge in [0, 0.05) is 6.54 Å². The lowest BCUT2D eigenvalue weighted by Gasteiger charge is -2.35. The van der Waals surface area contributed by atoms with E-state index in [0.29, 0.717) is 18.8 Å². The van der Waals surface area contributed by atoms with Gasteiger partial charge in [0.05, 0.1) is 24.8 Å². The van der Waals surface area contributed by atoms with Gasteiger partial charge in [0.15, 0.2) is 6.10 Å². The van der Waals surface area contributed by atoms with Crippen LogP contribution in [0.4, 0.5) is 5.69 Å². The first-order valence-electron chi connectivity index (χ1n) is 9.71. The second kappa shape index (κ2) is 9.26. The molecular formula is C22H27N3O3. The molecule has 1 aliphatic heterocycles. The highest BCUT2D eigenvalue weighted by atomic mass is 16.5. The largest absolute Gasteiger partial charge is 0.477 e. The number of ether oxygens (including phenoxy) is 1. The predicted octanol–water partition coefficient (Wildman–Crippen LogP) is 2.66. The van der Waals surface area contributed by atoms with Crippen molar-refractivity contribution < 1.29 is 14.3 Å². The molecule has 0 unspecified atom stereocenters. The van der Waals surface area contributed by atoms with Crippen LogP contribution < -0.4 is 20.3 Å². The summed E-state index contributed by atoms with van der Waals surface area (Å²) in [5, 5.41) is 5.90. The first-order valence-corrected chi connectivity index (χ1v) is 9.71. The molecule has 0 radical (unpaired) electrons. The van der Waals surface area contributed by atoms with E-state index in [1.165, 1.54) is 0 Å². The molecule has 28 heavy (non-hydrogen) atoms. The fraction of sp³-hybridized carbons (Fsp3) is 0.364. The van der Waals surface area contributed by atoms with Gasteiger partial charge >= 0.3 is 0 Å². The van der Waals surface area contributed by atoms with E-state index >= 15 is 0 Å². The smallest absolute Gasteiger partial charge is 0.262 e. The number of rotatable bonds is 7. The summed E-state index contributed by atoms with van der Waals surface area (Å²) in [6, 6.07) is 17.2. The van der Waals surface area contributed by atoms with Crippen molar-refractivity contribution in [1.29, 1.82) is 0 Å². The van der Waals surface area contributed by atoms with Crippen molar-refractivity contribution in [2.24, 2.45) is 0 Å². The Kier molecular flexibility index (Phi) is 6.53. The van der Waals surface area contributed by atoms with Crippen LogP contribution in [0.5, 0.6) is 5.75 Å². The van der Waals surface area contributed by atoms with Crippen LogP contribution in [0.25, 0.3) is 0 Å². The maximum absolute atomic E-state index is 12.7. The van der Waals surface area contributed by atoms with E-state index in [0.717, 1.165) is 17.7 Å². The molecule has 1 heterocycles. The number of hydrogen-bond donors (Lipinski definition) is 2. The van der Waals surface area contributed by atoms with Crippen molar-refractivity contribution in [1.82, 2.24) is 10.6 Å². The number of nitrogens with zero attached hydrogens (tertiary/aromatic N) is 1. The van der Waals surface area contributed by atoms with Gasteiger partial charge in [-0.1, -0.05) is 49.4 Å². The molecule has 148 valence electrons. The highest BCUT2D eigenvalue weighted by Gasteiger charge is 2.31. The van der Waals surface area contributed by atoms with Crippen molar-refractivity contribution in [3.8, 4) is 5.75 Å². The molecule has 3 rings (SSSR count). The summed E-state index contributed by atoms with van der Waals surface area (Å²) in [6.45, 7) is 5.06. The molecule has 2 N–H and O–H groups in total. The number of nitrogens with one attached hydrogen (secondary N) is 2.